The summed E-state index contributed by atoms with van der Waals surface area (Å²) in [5.74, 6) is 0.652. The summed E-state index contributed by atoms with van der Waals surface area (Å²) < 4.78 is 7.62. The van der Waals surface area contributed by atoms with E-state index in [0.717, 1.165) is 34.7 Å². The lowest BCUT2D eigenvalue weighted by atomic mass is 9.94. The van der Waals surface area contributed by atoms with Crippen LogP contribution in [0.1, 0.15) is 32.1 Å². The highest BCUT2D eigenvalue weighted by molar-refractivity contribution is 5.99. The molecule has 0 bridgehead atoms. The maximum absolute atomic E-state index is 12.8. The van der Waals surface area contributed by atoms with Gasteiger partial charge >= 0.3 is 0 Å². The molecular formula is C25H28N2O3. The summed E-state index contributed by atoms with van der Waals surface area (Å²) in [6.07, 6.45) is 7.58. The number of benzene rings is 2. The van der Waals surface area contributed by atoms with Crippen molar-refractivity contribution in [2.45, 2.75) is 38.1 Å². The van der Waals surface area contributed by atoms with Crippen molar-refractivity contribution in [2.75, 3.05) is 13.7 Å². The molecule has 1 aromatic heterocycles. The number of nitrogens with zero attached hydrogens (tertiary/aromatic N) is 2. The maximum atomic E-state index is 12.8. The number of carbonyl (C=O) groups excluding carboxylic acids is 1. The Kier molecular flexibility index (Phi) is 5.88. The van der Waals surface area contributed by atoms with Crippen molar-refractivity contribution >= 4 is 16.7 Å². The molecule has 0 saturated heterocycles. The average Bonchev–Trinajstić information content (AvgIpc) is 2.79. The maximum Gasteiger partial charge on any atom is 0.260 e. The zero-order valence-corrected chi connectivity index (χ0v) is 17.6. The predicted octanol–water partition coefficient (Wildman–Crippen LogP) is 4.38. The number of likely N-dealkylation sites (N-methyl/N-ethyl adjacent to an activating group) is 1. The van der Waals surface area contributed by atoms with Gasteiger partial charge in [0, 0.05) is 43.5 Å². The number of ether oxygens (including phenoxy) is 1. The summed E-state index contributed by atoms with van der Waals surface area (Å²) in [7, 11) is 3.62. The molecule has 0 radical (unpaired) electrons. The molecule has 1 saturated carbocycles. The van der Waals surface area contributed by atoms with E-state index in [1.54, 1.807) is 17.7 Å². The molecule has 0 spiro atoms. The number of rotatable bonds is 5. The molecule has 1 heterocycles. The predicted molar refractivity (Wildman–Crippen MR) is 120 cm³/mol. The van der Waals surface area contributed by atoms with Gasteiger partial charge < -0.3 is 14.2 Å². The fraction of sp³-hybridized carbons (Fsp3) is 0.360. The minimum atomic E-state index is -0.0641. The lowest BCUT2D eigenvalue weighted by Gasteiger charge is -2.31. The number of hydrogen-bond donors (Lipinski definition) is 0. The summed E-state index contributed by atoms with van der Waals surface area (Å²) in [5, 5.41) is 2.11. The molecule has 0 aliphatic heterocycles. The Hall–Kier alpha value is -3.08. The highest BCUT2D eigenvalue weighted by Crippen LogP contribution is 2.36. The van der Waals surface area contributed by atoms with Gasteiger partial charge in [-0.2, -0.15) is 0 Å². The third-order valence-electron chi connectivity index (χ3n) is 6.13. The van der Waals surface area contributed by atoms with E-state index >= 15 is 0 Å². The second kappa shape index (κ2) is 8.74. The lowest BCUT2D eigenvalue weighted by Crippen LogP contribution is -2.40. The van der Waals surface area contributed by atoms with Gasteiger partial charge in [0.05, 0.1) is 0 Å². The highest BCUT2D eigenvalue weighted by Gasteiger charge is 2.23. The van der Waals surface area contributed by atoms with Crippen LogP contribution < -0.4 is 10.3 Å². The molecule has 156 valence electrons. The zero-order chi connectivity index (χ0) is 21.1. The first kappa shape index (κ1) is 20.2. The Balaban J connectivity index is 1.64. The second-order valence-corrected chi connectivity index (χ2v) is 8.11. The third kappa shape index (κ3) is 4.11. The third-order valence-corrected chi connectivity index (χ3v) is 6.13. The zero-order valence-electron chi connectivity index (χ0n) is 17.6. The van der Waals surface area contributed by atoms with Gasteiger partial charge in [-0.15, -0.1) is 0 Å². The van der Waals surface area contributed by atoms with Crippen LogP contribution in [0, 0.1) is 0 Å². The monoisotopic (exact) mass is 404 g/mol. The summed E-state index contributed by atoms with van der Waals surface area (Å²) in [5.41, 5.74) is 1.72. The molecule has 1 amide bonds. The van der Waals surface area contributed by atoms with Crippen LogP contribution in [0.5, 0.6) is 5.75 Å². The molecule has 0 N–H and O–H groups in total. The minimum absolute atomic E-state index is 0.00136. The van der Waals surface area contributed by atoms with E-state index in [9.17, 15) is 9.59 Å². The Labute approximate surface area is 176 Å². The first-order chi connectivity index (χ1) is 14.5. The Bertz CT molecular complexity index is 1110. The smallest absolute Gasteiger partial charge is 0.260 e. The van der Waals surface area contributed by atoms with Crippen molar-refractivity contribution in [2.24, 2.45) is 7.05 Å². The Morgan fingerprint density at radius 1 is 1.07 bits per heavy atom. The summed E-state index contributed by atoms with van der Waals surface area (Å²) in [6.45, 7) is 0.00407. The van der Waals surface area contributed by atoms with Gasteiger partial charge in [-0.25, -0.2) is 0 Å². The van der Waals surface area contributed by atoms with Crippen molar-refractivity contribution in [3.8, 4) is 16.9 Å². The van der Waals surface area contributed by atoms with E-state index in [1.807, 2.05) is 60.6 Å². The molecule has 1 aliphatic carbocycles. The average molecular weight is 405 g/mol. The molecular weight excluding hydrogens is 376 g/mol. The van der Waals surface area contributed by atoms with E-state index in [1.165, 1.54) is 19.3 Å². The van der Waals surface area contributed by atoms with Crippen molar-refractivity contribution < 1.29 is 9.53 Å². The Morgan fingerprint density at radius 2 is 1.83 bits per heavy atom. The number of fused-ring (bicyclic) bond motifs is 1. The number of aromatic nitrogens is 1. The largest absolute Gasteiger partial charge is 0.483 e. The van der Waals surface area contributed by atoms with Gasteiger partial charge in [-0.3, -0.25) is 9.59 Å². The van der Waals surface area contributed by atoms with Gasteiger partial charge in [-0.05, 0) is 35.7 Å². The molecule has 4 rings (SSSR count). The molecule has 0 atom stereocenters. The molecule has 5 heteroatoms. The number of carbonyl (C=O) groups is 1. The SMILES string of the molecule is CN(C(=O)COc1ccc2ccccc2c1-c1ccc(=O)n(C)c1)C1CCCCC1. The number of pyridine rings is 1. The summed E-state index contributed by atoms with van der Waals surface area (Å²) in [6, 6.07) is 15.7. The molecule has 3 aromatic rings. The minimum Gasteiger partial charge on any atom is -0.483 e. The fourth-order valence-corrected chi connectivity index (χ4v) is 4.32. The topological polar surface area (TPSA) is 51.5 Å². The van der Waals surface area contributed by atoms with Gasteiger partial charge in [0.15, 0.2) is 6.61 Å². The number of hydrogen-bond acceptors (Lipinski definition) is 3. The molecule has 1 fully saturated rings. The van der Waals surface area contributed by atoms with Gasteiger partial charge in [-0.1, -0.05) is 49.6 Å². The van der Waals surface area contributed by atoms with E-state index < -0.39 is 0 Å². The molecule has 5 nitrogen and oxygen atoms in total. The second-order valence-electron chi connectivity index (χ2n) is 8.11. The fourth-order valence-electron chi connectivity index (χ4n) is 4.32. The van der Waals surface area contributed by atoms with Gasteiger partial charge in [0.2, 0.25) is 5.56 Å². The molecule has 0 unspecified atom stereocenters. The van der Waals surface area contributed by atoms with Gasteiger partial charge in [0.1, 0.15) is 5.75 Å². The summed E-state index contributed by atoms with van der Waals surface area (Å²) in [4.78, 5) is 26.5. The van der Waals surface area contributed by atoms with E-state index in [4.69, 9.17) is 4.74 Å². The standard InChI is InChI=1S/C25H28N2O3/c1-26-16-19(13-15-23(26)28)25-21-11-7-6-8-18(21)12-14-22(25)30-17-24(29)27(2)20-9-4-3-5-10-20/h6-8,11-16,20H,3-5,9-10,17H2,1-2H3. The highest BCUT2D eigenvalue weighted by atomic mass is 16.5. The van der Waals surface area contributed by atoms with Crippen LogP contribution in [0.25, 0.3) is 21.9 Å². The van der Waals surface area contributed by atoms with Crippen molar-refractivity contribution in [1.29, 1.82) is 0 Å². The first-order valence-electron chi connectivity index (χ1n) is 10.6. The van der Waals surface area contributed by atoms with Crippen molar-refractivity contribution in [3.05, 3.63) is 65.1 Å². The summed E-state index contributed by atoms with van der Waals surface area (Å²) >= 11 is 0. The van der Waals surface area contributed by atoms with Crippen molar-refractivity contribution in [3.63, 3.8) is 0 Å². The van der Waals surface area contributed by atoms with Crippen LogP contribution in [0.2, 0.25) is 0 Å². The number of aryl methyl sites for hydroxylation is 1. The molecule has 30 heavy (non-hydrogen) atoms. The molecule has 1 aliphatic rings. The normalized spacial score (nSPS) is 14.6. The van der Waals surface area contributed by atoms with E-state index in [2.05, 4.69) is 0 Å². The van der Waals surface area contributed by atoms with Crippen LogP contribution in [0.3, 0.4) is 0 Å². The lowest BCUT2D eigenvalue weighted by molar-refractivity contribution is -0.134. The van der Waals surface area contributed by atoms with Crippen molar-refractivity contribution in [1.82, 2.24) is 9.47 Å². The van der Waals surface area contributed by atoms with Crippen LogP contribution in [-0.2, 0) is 11.8 Å². The molecule has 2 aromatic carbocycles. The van der Waals surface area contributed by atoms with E-state index in [-0.39, 0.29) is 18.1 Å². The van der Waals surface area contributed by atoms with Gasteiger partial charge in [0.25, 0.3) is 5.91 Å². The Morgan fingerprint density at radius 3 is 2.60 bits per heavy atom. The van der Waals surface area contributed by atoms with Crippen LogP contribution in [0.15, 0.2) is 59.5 Å². The van der Waals surface area contributed by atoms with E-state index in [0.29, 0.717) is 11.8 Å². The van der Waals surface area contributed by atoms with Crippen LogP contribution in [0.4, 0.5) is 0 Å². The quantitative estimate of drug-likeness (QED) is 0.634. The number of amides is 1. The first-order valence-corrected chi connectivity index (χ1v) is 10.6. The van der Waals surface area contributed by atoms with Crippen LogP contribution in [-0.4, -0.2) is 35.1 Å². The van der Waals surface area contributed by atoms with Crippen LogP contribution >= 0.6 is 0 Å².